The van der Waals surface area contributed by atoms with Crippen LogP contribution in [0.2, 0.25) is 0 Å². The van der Waals surface area contributed by atoms with Crippen LogP contribution in [-0.2, 0) is 11.2 Å². The fourth-order valence-corrected chi connectivity index (χ4v) is 2.17. The van der Waals surface area contributed by atoms with E-state index < -0.39 is 0 Å². The summed E-state index contributed by atoms with van der Waals surface area (Å²) in [4.78, 5) is 22.5. The molecule has 2 aromatic carbocycles. The predicted molar refractivity (Wildman–Crippen MR) is 84.5 cm³/mol. The highest BCUT2D eigenvalue weighted by atomic mass is 16.1. The molecule has 3 nitrogen and oxygen atoms in total. The van der Waals surface area contributed by atoms with Crippen molar-refractivity contribution in [1.29, 1.82) is 0 Å². The zero-order valence-corrected chi connectivity index (χ0v) is 11.9. The molecule has 0 aliphatic heterocycles. The van der Waals surface area contributed by atoms with Gasteiger partial charge in [0.25, 0.3) is 0 Å². The second-order valence-corrected chi connectivity index (χ2v) is 4.98. The maximum atomic E-state index is 11.8. The average molecular weight is 281 g/mol. The van der Waals surface area contributed by atoms with Crippen molar-refractivity contribution in [2.24, 2.45) is 0 Å². The van der Waals surface area contributed by atoms with Crippen LogP contribution in [0, 0.1) is 0 Å². The molecule has 0 aromatic heterocycles. The monoisotopic (exact) mass is 281 g/mol. The van der Waals surface area contributed by atoms with Gasteiger partial charge in [0.05, 0.1) is 0 Å². The zero-order chi connectivity index (χ0) is 14.9. The molecule has 2 rings (SSSR count). The van der Waals surface area contributed by atoms with Gasteiger partial charge in [-0.2, -0.15) is 0 Å². The van der Waals surface area contributed by atoms with Crippen LogP contribution < -0.4 is 5.32 Å². The lowest BCUT2D eigenvalue weighted by Crippen LogP contribution is -2.11. The summed E-state index contributed by atoms with van der Waals surface area (Å²) in [6.45, 7) is 0. The molecular formula is C18H19NO2. The Kier molecular flexibility index (Phi) is 5.71. The van der Waals surface area contributed by atoms with Gasteiger partial charge in [0.2, 0.25) is 5.91 Å². The normalized spacial score (nSPS) is 10.1. The Hall–Kier alpha value is -2.42. The van der Waals surface area contributed by atoms with Crippen LogP contribution in [0.1, 0.15) is 35.2 Å². The Morgan fingerprint density at radius 3 is 2.57 bits per heavy atom. The number of aryl methyl sites for hydroxylation is 1. The minimum Gasteiger partial charge on any atom is -0.326 e. The van der Waals surface area contributed by atoms with Gasteiger partial charge in [0, 0.05) is 17.7 Å². The molecule has 108 valence electrons. The van der Waals surface area contributed by atoms with Gasteiger partial charge < -0.3 is 5.32 Å². The van der Waals surface area contributed by atoms with E-state index in [4.69, 9.17) is 0 Å². The van der Waals surface area contributed by atoms with Crippen LogP contribution in [0.5, 0.6) is 0 Å². The quantitative estimate of drug-likeness (QED) is 0.619. The standard InChI is InChI=1S/C18H19NO2/c20-14-16-10-6-11-17(13-16)19-18(21)12-5-4-9-15-7-2-1-3-8-15/h1-3,6-8,10-11,13-14H,4-5,9,12H2,(H,19,21). The number of unbranched alkanes of at least 4 members (excludes halogenated alkanes) is 1. The maximum absolute atomic E-state index is 11.8. The molecule has 2 aromatic rings. The largest absolute Gasteiger partial charge is 0.326 e. The summed E-state index contributed by atoms with van der Waals surface area (Å²) >= 11 is 0. The van der Waals surface area contributed by atoms with E-state index in [1.165, 1.54) is 5.56 Å². The van der Waals surface area contributed by atoms with Crippen molar-refractivity contribution in [2.75, 3.05) is 5.32 Å². The SMILES string of the molecule is O=Cc1cccc(NC(=O)CCCCc2ccccc2)c1. The summed E-state index contributed by atoms with van der Waals surface area (Å²) in [6.07, 6.45) is 4.11. The van der Waals surface area contributed by atoms with Crippen molar-refractivity contribution in [3.8, 4) is 0 Å². The number of aldehydes is 1. The minimum atomic E-state index is -0.00823. The summed E-state index contributed by atoms with van der Waals surface area (Å²) in [5.41, 5.74) is 2.54. The first kappa shape index (κ1) is 15.0. The molecule has 0 aliphatic rings. The number of hydrogen-bond donors (Lipinski definition) is 1. The average Bonchev–Trinajstić information content (AvgIpc) is 2.53. The Labute approximate surface area is 125 Å². The van der Waals surface area contributed by atoms with Crippen LogP contribution in [0.4, 0.5) is 5.69 Å². The molecule has 0 fully saturated rings. The van der Waals surface area contributed by atoms with E-state index >= 15 is 0 Å². The van der Waals surface area contributed by atoms with E-state index in [9.17, 15) is 9.59 Å². The Balaban J connectivity index is 1.71. The third kappa shape index (κ3) is 5.22. The lowest BCUT2D eigenvalue weighted by molar-refractivity contribution is -0.116. The van der Waals surface area contributed by atoms with E-state index in [2.05, 4.69) is 17.4 Å². The van der Waals surface area contributed by atoms with Gasteiger partial charge in [-0.25, -0.2) is 0 Å². The summed E-state index contributed by atoms with van der Waals surface area (Å²) in [6, 6.07) is 17.2. The Bertz CT molecular complexity index is 593. The number of carbonyl (C=O) groups excluding carboxylic acids is 2. The van der Waals surface area contributed by atoms with Gasteiger partial charge in [-0.15, -0.1) is 0 Å². The van der Waals surface area contributed by atoms with Crippen LogP contribution in [-0.4, -0.2) is 12.2 Å². The first-order valence-corrected chi connectivity index (χ1v) is 7.17. The molecule has 0 spiro atoms. The summed E-state index contributed by atoms with van der Waals surface area (Å²) in [5, 5.41) is 2.82. The fourth-order valence-electron chi connectivity index (χ4n) is 2.17. The predicted octanol–water partition coefficient (Wildman–Crippen LogP) is 3.85. The highest BCUT2D eigenvalue weighted by Crippen LogP contribution is 2.11. The fraction of sp³-hybridized carbons (Fsp3) is 0.222. The smallest absolute Gasteiger partial charge is 0.224 e. The maximum Gasteiger partial charge on any atom is 0.224 e. The molecular weight excluding hydrogens is 262 g/mol. The first-order valence-electron chi connectivity index (χ1n) is 7.17. The Morgan fingerprint density at radius 1 is 1.00 bits per heavy atom. The van der Waals surface area contributed by atoms with Crippen LogP contribution in [0.25, 0.3) is 0 Å². The number of nitrogens with one attached hydrogen (secondary N) is 1. The lowest BCUT2D eigenvalue weighted by Gasteiger charge is -2.06. The van der Waals surface area contributed by atoms with E-state index in [-0.39, 0.29) is 5.91 Å². The minimum absolute atomic E-state index is 0.00823. The van der Waals surface area contributed by atoms with E-state index in [0.717, 1.165) is 25.5 Å². The zero-order valence-electron chi connectivity index (χ0n) is 11.9. The summed E-state index contributed by atoms with van der Waals surface area (Å²) < 4.78 is 0. The number of carbonyl (C=O) groups is 2. The van der Waals surface area contributed by atoms with Gasteiger partial charge in [0.15, 0.2) is 0 Å². The topological polar surface area (TPSA) is 46.2 Å². The van der Waals surface area contributed by atoms with Crippen LogP contribution >= 0.6 is 0 Å². The van der Waals surface area contributed by atoms with Crippen molar-refractivity contribution < 1.29 is 9.59 Å². The molecule has 0 aliphatic carbocycles. The summed E-state index contributed by atoms with van der Waals surface area (Å²) in [5.74, 6) is -0.00823. The van der Waals surface area contributed by atoms with Crippen molar-refractivity contribution in [3.63, 3.8) is 0 Å². The number of rotatable bonds is 7. The van der Waals surface area contributed by atoms with E-state index in [1.54, 1.807) is 24.3 Å². The van der Waals surface area contributed by atoms with E-state index in [0.29, 0.717) is 17.7 Å². The third-order valence-electron chi connectivity index (χ3n) is 3.27. The highest BCUT2D eigenvalue weighted by Gasteiger charge is 2.03. The second kappa shape index (κ2) is 8.00. The lowest BCUT2D eigenvalue weighted by atomic mass is 10.1. The van der Waals surface area contributed by atoms with Gasteiger partial charge in [-0.1, -0.05) is 42.5 Å². The van der Waals surface area contributed by atoms with E-state index in [1.807, 2.05) is 18.2 Å². The van der Waals surface area contributed by atoms with Gasteiger partial charge in [-0.05, 0) is 37.0 Å². The molecule has 0 radical (unpaired) electrons. The first-order chi connectivity index (χ1) is 10.3. The van der Waals surface area contributed by atoms with Crippen molar-refractivity contribution >= 4 is 17.9 Å². The molecule has 0 atom stereocenters. The number of hydrogen-bond acceptors (Lipinski definition) is 2. The molecule has 0 saturated heterocycles. The van der Waals surface area contributed by atoms with Gasteiger partial charge in [-0.3, -0.25) is 9.59 Å². The van der Waals surface area contributed by atoms with Crippen LogP contribution in [0.3, 0.4) is 0 Å². The van der Waals surface area contributed by atoms with Crippen molar-refractivity contribution in [3.05, 3.63) is 65.7 Å². The van der Waals surface area contributed by atoms with Crippen LogP contribution in [0.15, 0.2) is 54.6 Å². The van der Waals surface area contributed by atoms with Crippen molar-refractivity contribution in [1.82, 2.24) is 0 Å². The molecule has 0 unspecified atom stereocenters. The molecule has 21 heavy (non-hydrogen) atoms. The Morgan fingerprint density at radius 2 is 1.81 bits per heavy atom. The third-order valence-corrected chi connectivity index (χ3v) is 3.27. The number of benzene rings is 2. The van der Waals surface area contributed by atoms with Gasteiger partial charge in [0.1, 0.15) is 6.29 Å². The molecule has 1 amide bonds. The molecule has 0 saturated carbocycles. The molecule has 0 heterocycles. The molecule has 1 N–H and O–H groups in total. The number of anilines is 1. The van der Waals surface area contributed by atoms with Crippen molar-refractivity contribution in [2.45, 2.75) is 25.7 Å². The molecule has 0 bridgehead atoms. The highest BCUT2D eigenvalue weighted by molar-refractivity contribution is 5.91. The number of amides is 1. The molecule has 3 heteroatoms. The second-order valence-electron chi connectivity index (χ2n) is 4.98. The summed E-state index contributed by atoms with van der Waals surface area (Å²) in [7, 11) is 0. The van der Waals surface area contributed by atoms with Gasteiger partial charge >= 0.3 is 0 Å².